The van der Waals surface area contributed by atoms with Gasteiger partial charge in [0.2, 0.25) is 0 Å². The second-order valence-corrected chi connectivity index (χ2v) is 10.4. The molecule has 1 aromatic rings. The third-order valence-electron chi connectivity index (χ3n) is 8.75. The van der Waals surface area contributed by atoms with E-state index in [0.29, 0.717) is 18.3 Å². The zero-order chi connectivity index (χ0) is 23.7. The third kappa shape index (κ3) is 3.57. The molecule has 4 aliphatic rings. The number of aliphatic hydroxyl groups excluding tert-OH is 5. The van der Waals surface area contributed by atoms with E-state index in [2.05, 4.69) is 6.92 Å². The summed E-state index contributed by atoms with van der Waals surface area (Å²) in [6.45, 7) is 2.17. The highest BCUT2D eigenvalue weighted by molar-refractivity contribution is 5.79. The lowest BCUT2D eigenvalue weighted by Crippen LogP contribution is -2.60. The van der Waals surface area contributed by atoms with E-state index in [4.69, 9.17) is 9.47 Å². The van der Waals surface area contributed by atoms with Gasteiger partial charge in [-0.25, -0.2) is 4.79 Å². The summed E-state index contributed by atoms with van der Waals surface area (Å²) in [5, 5.41) is 60.4. The fourth-order valence-electron chi connectivity index (χ4n) is 6.95. The van der Waals surface area contributed by atoms with Gasteiger partial charge in [-0.05, 0) is 73.3 Å². The van der Waals surface area contributed by atoms with Crippen LogP contribution in [0.3, 0.4) is 0 Å². The third-order valence-corrected chi connectivity index (χ3v) is 8.75. The predicted octanol–water partition coefficient (Wildman–Crippen LogP) is 0.314. The normalized spacial score (nSPS) is 44.5. The van der Waals surface area contributed by atoms with Gasteiger partial charge in [0.05, 0.1) is 6.10 Å². The van der Waals surface area contributed by atoms with Crippen LogP contribution in [0.2, 0.25) is 0 Å². The molecule has 9 nitrogen and oxygen atoms in total. The van der Waals surface area contributed by atoms with Crippen molar-refractivity contribution in [2.75, 3.05) is 0 Å². The molecule has 33 heavy (non-hydrogen) atoms. The molecule has 1 heterocycles. The standard InChI is InChI=1S/C24H32O9/c1-24-7-6-13-12(14(24)4-5-16(24)26)3-2-10-8-11(25)9-15(17(10)13)32-23(31)21-19(28)18(27)20(29)22(30)33-21/h8-9,12-14,16,18-22,25-30H,2-7H2,1H3/t12-,13+,14+,16-,18+,19+,20-,21+,22-,24+/m1/s1. The number of aromatic hydroxyl groups is 1. The van der Waals surface area contributed by atoms with Crippen LogP contribution in [0.15, 0.2) is 12.1 Å². The molecule has 1 saturated heterocycles. The van der Waals surface area contributed by atoms with Crippen molar-refractivity contribution >= 4 is 5.97 Å². The molecule has 3 fully saturated rings. The summed E-state index contributed by atoms with van der Waals surface area (Å²) < 4.78 is 10.6. The molecular weight excluding hydrogens is 432 g/mol. The number of rotatable bonds is 2. The van der Waals surface area contributed by atoms with Gasteiger partial charge in [0.25, 0.3) is 0 Å². The minimum Gasteiger partial charge on any atom is -0.508 e. The van der Waals surface area contributed by atoms with Crippen LogP contribution in [-0.2, 0) is 16.0 Å². The number of hydrogen-bond acceptors (Lipinski definition) is 9. The Balaban J connectivity index is 1.44. The Morgan fingerprint density at radius 3 is 2.55 bits per heavy atom. The van der Waals surface area contributed by atoms with Gasteiger partial charge in [0.15, 0.2) is 12.4 Å². The number of esters is 1. The van der Waals surface area contributed by atoms with Crippen LogP contribution in [0.4, 0.5) is 0 Å². The van der Waals surface area contributed by atoms with E-state index in [1.807, 2.05) is 0 Å². The summed E-state index contributed by atoms with van der Waals surface area (Å²) >= 11 is 0. The first-order valence-electron chi connectivity index (χ1n) is 11.7. The van der Waals surface area contributed by atoms with Crippen LogP contribution in [0, 0.1) is 17.3 Å². The zero-order valence-corrected chi connectivity index (χ0v) is 18.5. The summed E-state index contributed by atoms with van der Waals surface area (Å²) in [7, 11) is 0. The first kappa shape index (κ1) is 23.0. The van der Waals surface area contributed by atoms with E-state index in [1.165, 1.54) is 6.07 Å². The van der Waals surface area contributed by atoms with E-state index >= 15 is 0 Å². The van der Waals surface area contributed by atoms with Gasteiger partial charge in [-0.2, -0.15) is 0 Å². The molecule has 1 aromatic carbocycles. The van der Waals surface area contributed by atoms with Gasteiger partial charge in [0.1, 0.15) is 29.8 Å². The lowest BCUT2D eigenvalue weighted by molar-refractivity contribution is -0.279. The topological polar surface area (TPSA) is 157 Å². The molecule has 182 valence electrons. The molecule has 0 unspecified atom stereocenters. The molecule has 3 aliphatic carbocycles. The maximum absolute atomic E-state index is 12.9. The van der Waals surface area contributed by atoms with Crippen LogP contribution in [0.5, 0.6) is 11.5 Å². The molecule has 0 spiro atoms. The van der Waals surface area contributed by atoms with Crippen molar-refractivity contribution in [2.24, 2.45) is 17.3 Å². The highest BCUT2D eigenvalue weighted by Gasteiger charge is 2.55. The van der Waals surface area contributed by atoms with Crippen LogP contribution in [0.1, 0.15) is 56.1 Å². The summed E-state index contributed by atoms with van der Waals surface area (Å²) in [6.07, 6.45) is -4.10. The van der Waals surface area contributed by atoms with Gasteiger partial charge < -0.3 is 40.1 Å². The number of phenols is 1. The summed E-state index contributed by atoms with van der Waals surface area (Å²) in [5.41, 5.74) is 1.65. The van der Waals surface area contributed by atoms with E-state index < -0.39 is 36.7 Å². The average molecular weight is 465 g/mol. The number of hydrogen-bond donors (Lipinski definition) is 6. The van der Waals surface area contributed by atoms with Crippen LogP contribution in [0.25, 0.3) is 0 Å². The Morgan fingerprint density at radius 1 is 1.03 bits per heavy atom. The van der Waals surface area contributed by atoms with Gasteiger partial charge in [-0.3, -0.25) is 0 Å². The molecule has 2 saturated carbocycles. The smallest absolute Gasteiger partial charge is 0.343 e. The number of ether oxygens (including phenoxy) is 2. The molecule has 0 radical (unpaired) electrons. The van der Waals surface area contributed by atoms with Crippen molar-refractivity contribution in [1.82, 2.24) is 0 Å². The number of carbonyl (C=O) groups excluding carboxylic acids is 1. The highest BCUT2D eigenvalue weighted by Crippen LogP contribution is 2.62. The fraction of sp³-hybridized carbons (Fsp3) is 0.708. The zero-order valence-electron chi connectivity index (χ0n) is 18.5. The highest BCUT2D eigenvalue weighted by atomic mass is 16.7. The minimum absolute atomic E-state index is 0.0486. The molecule has 0 bridgehead atoms. The van der Waals surface area contributed by atoms with Gasteiger partial charge in [-0.15, -0.1) is 0 Å². The van der Waals surface area contributed by atoms with Crippen molar-refractivity contribution < 1.29 is 44.9 Å². The number of fused-ring (bicyclic) bond motifs is 5. The van der Waals surface area contributed by atoms with E-state index in [1.54, 1.807) is 6.07 Å². The van der Waals surface area contributed by atoms with Crippen LogP contribution < -0.4 is 4.74 Å². The minimum atomic E-state index is -1.85. The largest absolute Gasteiger partial charge is 0.508 e. The molecule has 5 rings (SSSR count). The number of benzene rings is 1. The second kappa shape index (κ2) is 8.18. The van der Waals surface area contributed by atoms with Crippen molar-refractivity contribution in [3.63, 3.8) is 0 Å². The Kier molecular flexibility index (Phi) is 5.70. The molecule has 9 heteroatoms. The first-order chi connectivity index (χ1) is 15.6. The van der Waals surface area contributed by atoms with Gasteiger partial charge >= 0.3 is 5.97 Å². The van der Waals surface area contributed by atoms with Crippen molar-refractivity contribution in [3.8, 4) is 11.5 Å². The molecule has 0 aromatic heterocycles. The summed E-state index contributed by atoms with van der Waals surface area (Å²) in [6, 6.07) is 3.06. The Morgan fingerprint density at radius 2 is 1.79 bits per heavy atom. The van der Waals surface area contributed by atoms with Gasteiger partial charge in [0, 0.05) is 11.6 Å². The maximum atomic E-state index is 12.9. The molecular formula is C24H32O9. The lowest BCUT2D eigenvalue weighted by atomic mass is 9.55. The molecule has 1 aliphatic heterocycles. The molecule has 0 amide bonds. The molecule has 6 N–H and O–H groups in total. The number of aliphatic hydroxyl groups is 5. The van der Waals surface area contributed by atoms with E-state index in [-0.39, 0.29) is 28.9 Å². The average Bonchev–Trinajstić information content (AvgIpc) is 3.08. The van der Waals surface area contributed by atoms with E-state index in [9.17, 15) is 35.4 Å². The van der Waals surface area contributed by atoms with Gasteiger partial charge in [-0.1, -0.05) is 6.92 Å². The Labute approximate surface area is 191 Å². The van der Waals surface area contributed by atoms with Crippen molar-refractivity contribution in [2.45, 2.75) is 88.2 Å². The maximum Gasteiger partial charge on any atom is 0.343 e. The van der Waals surface area contributed by atoms with Crippen molar-refractivity contribution in [3.05, 3.63) is 23.3 Å². The van der Waals surface area contributed by atoms with E-state index in [0.717, 1.165) is 43.2 Å². The van der Waals surface area contributed by atoms with Crippen LogP contribution in [-0.4, -0.2) is 73.4 Å². The molecule has 10 atom stereocenters. The number of aryl methyl sites for hydroxylation is 1. The monoisotopic (exact) mass is 464 g/mol. The SMILES string of the molecule is C[C@]12CC[C@@H]3c4c(cc(O)cc4OC(=O)[C@H]4O[C@@H](O)[C@H](O)[C@@H](O)[C@@H]4O)CC[C@H]3[C@@H]1CC[C@H]2O. The Hall–Kier alpha value is -1.75. The Bertz CT molecular complexity index is 935. The number of phenolic OH excluding ortho intramolecular Hbond substituents is 1. The predicted molar refractivity (Wildman–Crippen MR) is 113 cm³/mol. The summed E-state index contributed by atoms with van der Waals surface area (Å²) in [5.74, 6) is -0.0990. The number of carbonyl (C=O) groups is 1. The quantitative estimate of drug-likeness (QED) is 0.268. The van der Waals surface area contributed by atoms with Crippen molar-refractivity contribution in [1.29, 1.82) is 0 Å². The summed E-state index contributed by atoms with van der Waals surface area (Å²) in [4.78, 5) is 12.9. The fourth-order valence-corrected chi connectivity index (χ4v) is 6.95. The first-order valence-corrected chi connectivity index (χ1v) is 11.7. The van der Waals surface area contributed by atoms with Crippen LogP contribution >= 0.6 is 0 Å². The second-order valence-electron chi connectivity index (χ2n) is 10.4. The lowest BCUT2D eigenvalue weighted by Gasteiger charge is -2.50.